The van der Waals surface area contributed by atoms with Crippen LogP contribution < -0.4 is 15.4 Å². The molecule has 0 unspecified atom stereocenters. The van der Waals surface area contributed by atoms with Crippen LogP contribution in [0.2, 0.25) is 5.02 Å². The van der Waals surface area contributed by atoms with E-state index in [2.05, 4.69) is 20.3 Å². The van der Waals surface area contributed by atoms with Gasteiger partial charge in [-0.1, -0.05) is 30.2 Å². The van der Waals surface area contributed by atoms with Crippen LogP contribution in [0.3, 0.4) is 0 Å². The third kappa shape index (κ3) is 8.88. The van der Waals surface area contributed by atoms with Gasteiger partial charge in [0, 0.05) is 24.7 Å². The summed E-state index contributed by atoms with van der Waals surface area (Å²) >= 11 is 5.87. The van der Waals surface area contributed by atoms with Crippen molar-refractivity contribution in [3.05, 3.63) is 34.9 Å². The van der Waals surface area contributed by atoms with Crippen molar-refractivity contribution in [3.63, 3.8) is 0 Å². The number of hydrogen-bond acceptors (Lipinski definition) is 3. The van der Waals surface area contributed by atoms with Crippen molar-refractivity contribution in [2.45, 2.75) is 32.7 Å². The van der Waals surface area contributed by atoms with E-state index in [4.69, 9.17) is 11.6 Å². The minimum Gasteiger partial charge on any atom is -0.357 e. The molecule has 6 nitrogen and oxygen atoms in total. The SMILES string of the molecule is CCNC(=NCc1ccc(Cl)cc1)NCCS(=O)(=O)NCC1CCC1.I. The molecule has 1 aliphatic carbocycles. The standard InChI is InChI=1S/C17H27ClN4O2S.HI/c1-2-19-17(21-12-15-6-8-16(18)9-7-15)20-10-11-25(23,24)22-13-14-4-3-5-14;/h6-9,14,22H,2-5,10-13H2,1H3,(H2,19,20,21);1H. The number of hydrogen-bond donors (Lipinski definition) is 3. The van der Waals surface area contributed by atoms with Crippen molar-refractivity contribution < 1.29 is 8.42 Å². The van der Waals surface area contributed by atoms with Crippen LogP contribution in [-0.2, 0) is 16.6 Å². The Kier molecular flexibility index (Phi) is 10.8. The van der Waals surface area contributed by atoms with Gasteiger partial charge in [0.1, 0.15) is 0 Å². The number of aliphatic imine (C=N–C) groups is 1. The van der Waals surface area contributed by atoms with Crippen molar-refractivity contribution in [2.75, 3.05) is 25.4 Å². The Balaban J connectivity index is 0.00000338. The first kappa shape index (κ1) is 23.5. The molecule has 0 atom stereocenters. The highest BCUT2D eigenvalue weighted by Crippen LogP contribution is 2.25. The molecule has 1 aromatic carbocycles. The molecule has 0 aromatic heterocycles. The normalized spacial score (nSPS) is 15.1. The number of guanidine groups is 1. The first-order chi connectivity index (χ1) is 12.0. The van der Waals surface area contributed by atoms with Gasteiger partial charge >= 0.3 is 0 Å². The molecule has 1 aliphatic rings. The zero-order chi connectivity index (χ0) is 18.1. The highest BCUT2D eigenvalue weighted by atomic mass is 127. The first-order valence-electron chi connectivity index (χ1n) is 8.72. The first-order valence-corrected chi connectivity index (χ1v) is 10.8. The van der Waals surface area contributed by atoms with Gasteiger partial charge in [0.05, 0.1) is 12.3 Å². The van der Waals surface area contributed by atoms with Crippen LogP contribution in [0, 0.1) is 5.92 Å². The monoisotopic (exact) mass is 514 g/mol. The Morgan fingerprint density at radius 2 is 1.92 bits per heavy atom. The molecular formula is C17H28ClIN4O2S. The minimum atomic E-state index is -3.25. The van der Waals surface area contributed by atoms with Crippen molar-refractivity contribution in [2.24, 2.45) is 10.9 Å². The Hall–Kier alpha value is -0.580. The molecule has 3 N–H and O–H groups in total. The maximum atomic E-state index is 12.0. The predicted molar refractivity (Wildman–Crippen MR) is 119 cm³/mol. The third-order valence-electron chi connectivity index (χ3n) is 4.16. The summed E-state index contributed by atoms with van der Waals surface area (Å²) in [6.07, 6.45) is 3.47. The van der Waals surface area contributed by atoms with Crippen molar-refractivity contribution in [1.82, 2.24) is 15.4 Å². The molecule has 26 heavy (non-hydrogen) atoms. The summed E-state index contributed by atoms with van der Waals surface area (Å²) in [5, 5.41) is 6.88. The van der Waals surface area contributed by atoms with Crippen LogP contribution in [0.15, 0.2) is 29.3 Å². The van der Waals surface area contributed by atoms with Crippen LogP contribution in [0.5, 0.6) is 0 Å². The van der Waals surface area contributed by atoms with Gasteiger partial charge in [0.2, 0.25) is 10.0 Å². The van der Waals surface area contributed by atoms with E-state index in [1.807, 2.05) is 31.2 Å². The maximum absolute atomic E-state index is 12.0. The number of benzene rings is 1. The van der Waals surface area contributed by atoms with E-state index in [1.54, 1.807) is 0 Å². The fraction of sp³-hybridized carbons (Fsp3) is 0.588. The molecular weight excluding hydrogens is 487 g/mol. The lowest BCUT2D eigenvalue weighted by atomic mass is 9.86. The van der Waals surface area contributed by atoms with E-state index in [0.29, 0.717) is 43.1 Å². The second-order valence-corrected chi connectivity index (χ2v) is 8.58. The average molecular weight is 515 g/mol. The van der Waals surface area contributed by atoms with Crippen LogP contribution in [0.1, 0.15) is 31.7 Å². The Morgan fingerprint density at radius 3 is 2.50 bits per heavy atom. The summed E-state index contributed by atoms with van der Waals surface area (Å²) in [5.41, 5.74) is 1.04. The van der Waals surface area contributed by atoms with Gasteiger partial charge in [-0.3, -0.25) is 0 Å². The lowest BCUT2D eigenvalue weighted by Crippen LogP contribution is -2.42. The minimum absolute atomic E-state index is 0. The van der Waals surface area contributed by atoms with E-state index in [1.165, 1.54) is 6.42 Å². The fourth-order valence-corrected chi connectivity index (χ4v) is 3.55. The molecule has 0 saturated heterocycles. The molecule has 0 aliphatic heterocycles. The van der Waals surface area contributed by atoms with Crippen LogP contribution in [0.25, 0.3) is 0 Å². The molecule has 2 rings (SSSR count). The van der Waals surface area contributed by atoms with Crippen molar-refractivity contribution in [3.8, 4) is 0 Å². The van der Waals surface area contributed by atoms with Crippen LogP contribution in [-0.4, -0.2) is 39.8 Å². The van der Waals surface area contributed by atoms with E-state index in [9.17, 15) is 8.42 Å². The zero-order valence-electron chi connectivity index (χ0n) is 15.0. The fourth-order valence-electron chi connectivity index (χ4n) is 2.42. The summed E-state index contributed by atoms with van der Waals surface area (Å²) in [6.45, 7) is 4.05. The quantitative estimate of drug-likeness (QED) is 0.269. The number of rotatable bonds is 9. The van der Waals surface area contributed by atoms with E-state index >= 15 is 0 Å². The molecule has 9 heteroatoms. The third-order valence-corrected chi connectivity index (χ3v) is 5.76. The van der Waals surface area contributed by atoms with Crippen molar-refractivity contribution in [1.29, 1.82) is 0 Å². The van der Waals surface area contributed by atoms with Gasteiger partial charge in [-0.25, -0.2) is 18.1 Å². The molecule has 0 heterocycles. The topological polar surface area (TPSA) is 82.6 Å². The lowest BCUT2D eigenvalue weighted by molar-refractivity contribution is 0.316. The summed E-state index contributed by atoms with van der Waals surface area (Å²) in [4.78, 5) is 4.47. The Morgan fingerprint density at radius 1 is 1.23 bits per heavy atom. The van der Waals surface area contributed by atoms with Gasteiger partial charge in [-0.2, -0.15) is 0 Å². The van der Waals surface area contributed by atoms with E-state index in [0.717, 1.165) is 18.4 Å². The van der Waals surface area contributed by atoms with Gasteiger partial charge in [0.25, 0.3) is 0 Å². The second kappa shape index (κ2) is 12.0. The molecule has 0 spiro atoms. The van der Waals surface area contributed by atoms with Gasteiger partial charge in [0.15, 0.2) is 5.96 Å². The van der Waals surface area contributed by atoms with Gasteiger partial charge < -0.3 is 10.6 Å². The molecule has 1 saturated carbocycles. The number of sulfonamides is 1. The van der Waals surface area contributed by atoms with Crippen molar-refractivity contribution >= 4 is 51.6 Å². The Bertz CT molecular complexity index is 664. The average Bonchev–Trinajstić information content (AvgIpc) is 2.52. The summed E-state index contributed by atoms with van der Waals surface area (Å²) in [5.74, 6) is 1.15. The molecule has 1 fully saturated rings. The molecule has 148 valence electrons. The smallest absolute Gasteiger partial charge is 0.213 e. The zero-order valence-corrected chi connectivity index (χ0v) is 18.9. The molecule has 1 aromatic rings. The van der Waals surface area contributed by atoms with E-state index < -0.39 is 10.0 Å². The molecule has 0 bridgehead atoms. The largest absolute Gasteiger partial charge is 0.357 e. The summed E-state index contributed by atoms with van der Waals surface area (Å²) in [6, 6.07) is 7.49. The van der Waals surface area contributed by atoms with Crippen LogP contribution >= 0.6 is 35.6 Å². The van der Waals surface area contributed by atoms with Gasteiger partial charge in [-0.15, -0.1) is 24.0 Å². The Labute approximate surface area is 178 Å². The highest BCUT2D eigenvalue weighted by Gasteiger charge is 2.20. The summed E-state index contributed by atoms with van der Waals surface area (Å²) in [7, 11) is -3.25. The highest BCUT2D eigenvalue weighted by molar-refractivity contribution is 14.0. The number of nitrogens with zero attached hydrogens (tertiary/aromatic N) is 1. The summed E-state index contributed by atoms with van der Waals surface area (Å²) < 4.78 is 26.7. The second-order valence-electron chi connectivity index (χ2n) is 6.21. The van der Waals surface area contributed by atoms with Gasteiger partial charge in [-0.05, 0) is 43.4 Å². The van der Waals surface area contributed by atoms with E-state index in [-0.39, 0.29) is 29.7 Å². The maximum Gasteiger partial charge on any atom is 0.213 e. The molecule has 0 amide bonds. The number of halogens is 2. The molecule has 0 radical (unpaired) electrons. The number of nitrogens with one attached hydrogen (secondary N) is 3. The predicted octanol–water partition coefficient (Wildman–Crippen LogP) is 2.73. The lowest BCUT2D eigenvalue weighted by Gasteiger charge is -2.25. The van der Waals surface area contributed by atoms with Crippen LogP contribution in [0.4, 0.5) is 0 Å².